The van der Waals surface area contributed by atoms with Crippen LogP contribution in [0.1, 0.15) is 5.56 Å². The predicted octanol–water partition coefficient (Wildman–Crippen LogP) is 1.54. The van der Waals surface area contributed by atoms with Crippen molar-refractivity contribution in [2.75, 3.05) is 5.32 Å². The van der Waals surface area contributed by atoms with Crippen LogP contribution in [0.2, 0.25) is 0 Å². The van der Waals surface area contributed by atoms with E-state index in [1.807, 2.05) is 30.3 Å². The van der Waals surface area contributed by atoms with Crippen molar-refractivity contribution in [3.63, 3.8) is 0 Å². The lowest BCUT2D eigenvalue weighted by Gasteiger charge is -2.06. The Bertz CT molecular complexity index is 625. The average molecular weight is 243 g/mol. The zero-order chi connectivity index (χ0) is 13.0. The van der Waals surface area contributed by atoms with E-state index in [0.717, 1.165) is 17.7 Å². The maximum atomic E-state index is 11.1. The molecule has 0 spiro atoms. The van der Waals surface area contributed by atoms with Crippen LogP contribution >= 0.6 is 0 Å². The SMILES string of the molecule is C=CCc1ccc(Nc2cc(=O)[nH]c(=O)[nH]2)cc1. The van der Waals surface area contributed by atoms with Gasteiger partial charge in [-0.1, -0.05) is 18.2 Å². The van der Waals surface area contributed by atoms with E-state index in [1.54, 1.807) is 0 Å². The zero-order valence-electron chi connectivity index (χ0n) is 9.69. The molecule has 0 saturated heterocycles. The smallest absolute Gasteiger partial charge is 0.327 e. The topological polar surface area (TPSA) is 77.8 Å². The first-order valence-corrected chi connectivity index (χ1v) is 5.48. The van der Waals surface area contributed by atoms with Crippen LogP contribution in [0.3, 0.4) is 0 Å². The molecule has 0 atom stereocenters. The summed E-state index contributed by atoms with van der Waals surface area (Å²) in [6, 6.07) is 8.94. The van der Waals surface area contributed by atoms with Crippen LogP contribution in [-0.4, -0.2) is 9.97 Å². The minimum absolute atomic E-state index is 0.361. The molecule has 0 aliphatic rings. The summed E-state index contributed by atoms with van der Waals surface area (Å²) in [4.78, 5) is 26.8. The fourth-order valence-corrected chi connectivity index (χ4v) is 1.58. The summed E-state index contributed by atoms with van der Waals surface area (Å²) in [5, 5.41) is 2.95. The number of anilines is 2. The highest BCUT2D eigenvalue weighted by atomic mass is 16.2. The predicted molar refractivity (Wildman–Crippen MR) is 71.3 cm³/mol. The highest BCUT2D eigenvalue weighted by molar-refractivity contribution is 5.55. The van der Waals surface area contributed by atoms with Crippen molar-refractivity contribution in [2.24, 2.45) is 0 Å². The summed E-state index contributed by atoms with van der Waals surface area (Å²) < 4.78 is 0. The van der Waals surface area contributed by atoms with Crippen LogP contribution in [-0.2, 0) is 6.42 Å². The Morgan fingerprint density at radius 2 is 1.89 bits per heavy atom. The zero-order valence-corrected chi connectivity index (χ0v) is 9.69. The molecule has 3 N–H and O–H groups in total. The molecule has 5 nitrogen and oxygen atoms in total. The van der Waals surface area contributed by atoms with Gasteiger partial charge in [-0.15, -0.1) is 6.58 Å². The van der Waals surface area contributed by atoms with E-state index in [0.29, 0.717) is 5.82 Å². The van der Waals surface area contributed by atoms with Gasteiger partial charge in [0.1, 0.15) is 5.82 Å². The van der Waals surface area contributed by atoms with Crippen molar-refractivity contribution in [1.82, 2.24) is 9.97 Å². The number of aromatic amines is 2. The minimum atomic E-state index is -0.534. The van der Waals surface area contributed by atoms with Gasteiger partial charge in [0, 0.05) is 11.8 Å². The monoisotopic (exact) mass is 243 g/mol. The molecule has 0 saturated carbocycles. The highest BCUT2D eigenvalue weighted by Gasteiger charge is 1.98. The van der Waals surface area contributed by atoms with Gasteiger partial charge in [0.15, 0.2) is 0 Å². The molecule has 0 unspecified atom stereocenters. The van der Waals surface area contributed by atoms with Crippen LogP contribution in [0.25, 0.3) is 0 Å². The number of allylic oxidation sites excluding steroid dienone is 1. The number of rotatable bonds is 4. The van der Waals surface area contributed by atoms with Gasteiger partial charge in [-0.25, -0.2) is 4.79 Å². The molecule has 1 aromatic heterocycles. The molecule has 18 heavy (non-hydrogen) atoms. The molecule has 0 aliphatic carbocycles. The summed E-state index contributed by atoms with van der Waals surface area (Å²) >= 11 is 0. The van der Waals surface area contributed by atoms with Gasteiger partial charge in [-0.2, -0.15) is 0 Å². The lowest BCUT2D eigenvalue weighted by atomic mass is 10.1. The summed E-state index contributed by atoms with van der Waals surface area (Å²) in [5.41, 5.74) is 0.969. The molecule has 0 amide bonds. The van der Waals surface area contributed by atoms with Crippen molar-refractivity contribution in [3.05, 3.63) is 69.4 Å². The number of H-pyrrole nitrogens is 2. The van der Waals surface area contributed by atoms with Crippen molar-refractivity contribution < 1.29 is 0 Å². The first-order valence-electron chi connectivity index (χ1n) is 5.48. The standard InChI is InChI=1S/C13H13N3O2/c1-2-3-9-4-6-10(7-5-9)14-11-8-12(17)16-13(18)15-11/h2,4-8H,1,3H2,(H3,14,15,16,17,18). The third-order valence-electron chi connectivity index (χ3n) is 2.37. The fourth-order valence-electron chi connectivity index (χ4n) is 1.58. The Morgan fingerprint density at radius 3 is 2.50 bits per heavy atom. The van der Waals surface area contributed by atoms with Gasteiger partial charge in [0.2, 0.25) is 0 Å². The van der Waals surface area contributed by atoms with Crippen LogP contribution in [0.15, 0.2) is 52.6 Å². The van der Waals surface area contributed by atoms with E-state index in [1.165, 1.54) is 6.07 Å². The maximum Gasteiger partial charge on any atom is 0.327 e. The van der Waals surface area contributed by atoms with Crippen LogP contribution in [0.5, 0.6) is 0 Å². The Hall–Kier alpha value is -2.56. The first-order chi connectivity index (χ1) is 8.67. The largest absolute Gasteiger partial charge is 0.342 e. The number of benzene rings is 1. The minimum Gasteiger partial charge on any atom is -0.342 e. The van der Waals surface area contributed by atoms with Gasteiger partial charge >= 0.3 is 5.69 Å². The van der Waals surface area contributed by atoms with Crippen molar-refractivity contribution in [2.45, 2.75) is 6.42 Å². The molecule has 2 rings (SSSR count). The van der Waals surface area contributed by atoms with Crippen molar-refractivity contribution in [1.29, 1.82) is 0 Å². The fraction of sp³-hybridized carbons (Fsp3) is 0.0769. The third kappa shape index (κ3) is 2.98. The molecule has 1 aromatic carbocycles. The molecule has 0 fully saturated rings. The Balaban J connectivity index is 2.20. The van der Waals surface area contributed by atoms with Crippen molar-refractivity contribution in [3.8, 4) is 0 Å². The van der Waals surface area contributed by atoms with Gasteiger partial charge in [0.05, 0.1) is 0 Å². The van der Waals surface area contributed by atoms with Crippen LogP contribution in [0.4, 0.5) is 11.5 Å². The molecule has 2 aromatic rings. The van der Waals surface area contributed by atoms with E-state index >= 15 is 0 Å². The summed E-state index contributed by atoms with van der Waals surface area (Å²) in [7, 11) is 0. The average Bonchev–Trinajstić information content (AvgIpc) is 2.31. The van der Waals surface area contributed by atoms with Crippen LogP contribution in [0, 0.1) is 0 Å². The van der Waals surface area contributed by atoms with Gasteiger partial charge < -0.3 is 5.32 Å². The molecule has 0 aliphatic heterocycles. The van der Waals surface area contributed by atoms with Crippen molar-refractivity contribution >= 4 is 11.5 Å². The summed E-state index contributed by atoms with van der Waals surface area (Å²) in [6.07, 6.45) is 2.64. The molecule has 0 bridgehead atoms. The van der Waals surface area contributed by atoms with Gasteiger partial charge in [0.25, 0.3) is 5.56 Å². The number of hydrogen-bond acceptors (Lipinski definition) is 3. The maximum absolute atomic E-state index is 11.1. The normalized spacial score (nSPS) is 10.0. The molecule has 1 heterocycles. The lowest BCUT2D eigenvalue weighted by molar-refractivity contribution is 1.04. The second kappa shape index (κ2) is 5.18. The van der Waals surface area contributed by atoms with Gasteiger partial charge in [-0.05, 0) is 24.1 Å². The number of nitrogens with one attached hydrogen (secondary N) is 3. The summed E-state index contributed by atoms with van der Waals surface area (Å²) in [5.74, 6) is 0.361. The molecule has 0 radical (unpaired) electrons. The van der Waals surface area contributed by atoms with Crippen LogP contribution < -0.4 is 16.6 Å². The van der Waals surface area contributed by atoms with E-state index in [9.17, 15) is 9.59 Å². The third-order valence-corrected chi connectivity index (χ3v) is 2.37. The second-order valence-electron chi connectivity index (χ2n) is 3.82. The van der Waals surface area contributed by atoms with E-state index in [4.69, 9.17) is 0 Å². The number of aromatic nitrogens is 2. The van der Waals surface area contributed by atoms with E-state index in [-0.39, 0.29) is 0 Å². The number of hydrogen-bond donors (Lipinski definition) is 3. The van der Waals surface area contributed by atoms with E-state index in [2.05, 4.69) is 21.9 Å². The molecular formula is C13H13N3O2. The molecule has 5 heteroatoms. The van der Waals surface area contributed by atoms with E-state index < -0.39 is 11.2 Å². The molecular weight excluding hydrogens is 230 g/mol. The first kappa shape index (κ1) is 11.9. The second-order valence-corrected chi connectivity index (χ2v) is 3.82. The summed E-state index contributed by atoms with van der Waals surface area (Å²) in [6.45, 7) is 3.67. The Kier molecular flexibility index (Phi) is 3.43. The van der Waals surface area contributed by atoms with Gasteiger partial charge in [-0.3, -0.25) is 14.8 Å². The Morgan fingerprint density at radius 1 is 1.17 bits per heavy atom. The Labute approximate surface area is 103 Å². The molecule has 92 valence electrons. The quantitative estimate of drug-likeness (QED) is 0.713. The lowest BCUT2D eigenvalue weighted by Crippen LogP contribution is -2.22. The highest BCUT2D eigenvalue weighted by Crippen LogP contribution is 2.13.